The van der Waals surface area contributed by atoms with Gasteiger partial charge in [-0.25, -0.2) is 13.6 Å². The number of primary sulfonamides is 1. The van der Waals surface area contributed by atoms with E-state index in [2.05, 4.69) is 28.2 Å². The highest BCUT2D eigenvalue weighted by atomic mass is 79.9. The average Bonchev–Trinajstić information content (AvgIpc) is 2.36. The highest BCUT2D eigenvalue weighted by Crippen LogP contribution is 2.23. The molecule has 114 valence electrons. The molecular weight excluding hydrogens is 344 g/mol. The van der Waals surface area contributed by atoms with E-state index in [4.69, 9.17) is 9.88 Å². The van der Waals surface area contributed by atoms with Gasteiger partial charge in [0.1, 0.15) is 5.75 Å². The zero-order valence-corrected chi connectivity index (χ0v) is 14.0. The van der Waals surface area contributed by atoms with Gasteiger partial charge in [-0.3, -0.25) is 0 Å². The van der Waals surface area contributed by atoms with E-state index in [0.717, 1.165) is 22.2 Å². The van der Waals surface area contributed by atoms with Gasteiger partial charge in [-0.05, 0) is 37.6 Å². The van der Waals surface area contributed by atoms with Crippen LogP contribution in [0.1, 0.15) is 25.3 Å². The zero-order chi connectivity index (χ0) is 15.0. The van der Waals surface area contributed by atoms with Crippen LogP contribution in [0.5, 0.6) is 5.75 Å². The van der Waals surface area contributed by atoms with Gasteiger partial charge in [-0.2, -0.15) is 0 Å². The van der Waals surface area contributed by atoms with Crippen LogP contribution in [0.4, 0.5) is 0 Å². The van der Waals surface area contributed by atoms with Crippen LogP contribution in [0, 0.1) is 0 Å². The van der Waals surface area contributed by atoms with E-state index < -0.39 is 10.0 Å². The highest BCUT2D eigenvalue weighted by Gasteiger charge is 2.05. The minimum Gasteiger partial charge on any atom is -0.493 e. The Balaban J connectivity index is 2.47. The molecule has 0 heterocycles. The summed E-state index contributed by atoms with van der Waals surface area (Å²) in [6, 6.07) is 5.87. The van der Waals surface area contributed by atoms with Crippen LogP contribution in [0.2, 0.25) is 0 Å². The molecule has 0 aliphatic heterocycles. The minimum absolute atomic E-state index is 0.00231. The fourth-order valence-electron chi connectivity index (χ4n) is 1.66. The van der Waals surface area contributed by atoms with Crippen LogP contribution in [0.3, 0.4) is 0 Å². The first-order chi connectivity index (χ1) is 9.42. The zero-order valence-electron chi connectivity index (χ0n) is 11.6. The number of sulfonamides is 1. The van der Waals surface area contributed by atoms with Gasteiger partial charge in [0.25, 0.3) is 0 Å². The van der Waals surface area contributed by atoms with Crippen LogP contribution < -0.4 is 15.2 Å². The molecule has 7 heteroatoms. The molecule has 0 aliphatic carbocycles. The Bertz CT molecular complexity index is 520. The SMILES string of the molecule is CCCOc1ccc(Br)cc1CNCCCS(N)(=O)=O. The summed E-state index contributed by atoms with van der Waals surface area (Å²) in [5.74, 6) is 0.853. The fourth-order valence-corrected chi connectivity index (χ4v) is 2.62. The molecular formula is C13H21BrN2O3S. The topological polar surface area (TPSA) is 81.4 Å². The fraction of sp³-hybridized carbons (Fsp3) is 0.538. The highest BCUT2D eigenvalue weighted by molar-refractivity contribution is 9.10. The van der Waals surface area contributed by atoms with E-state index in [1.807, 2.05) is 18.2 Å². The molecule has 1 aromatic carbocycles. The molecule has 0 spiro atoms. The third-order valence-corrected chi connectivity index (χ3v) is 3.93. The predicted octanol–water partition coefficient (Wildman–Crippen LogP) is 2.01. The van der Waals surface area contributed by atoms with Gasteiger partial charge < -0.3 is 10.1 Å². The number of benzene rings is 1. The Hall–Kier alpha value is -0.630. The Kier molecular flexibility index (Phi) is 7.50. The number of hydrogen-bond acceptors (Lipinski definition) is 4. The van der Waals surface area contributed by atoms with E-state index in [-0.39, 0.29) is 5.75 Å². The van der Waals surface area contributed by atoms with E-state index in [9.17, 15) is 8.42 Å². The Morgan fingerprint density at radius 1 is 1.40 bits per heavy atom. The number of nitrogens with one attached hydrogen (secondary N) is 1. The quantitative estimate of drug-likeness (QED) is 0.656. The summed E-state index contributed by atoms with van der Waals surface area (Å²) < 4.78 is 28.3. The summed E-state index contributed by atoms with van der Waals surface area (Å²) in [4.78, 5) is 0. The van der Waals surface area contributed by atoms with Crippen molar-refractivity contribution in [2.24, 2.45) is 5.14 Å². The summed E-state index contributed by atoms with van der Waals surface area (Å²) in [5.41, 5.74) is 1.04. The second-order valence-corrected chi connectivity index (χ2v) is 7.15. The first-order valence-corrected chi connectivity index (χ1v) is 9.05. The normalized spacial score (nSPS) is 11.6. The van der Waals surface area contributed by atoms with Crippen molar-refractivity contribution in [3.63, 3.8) is 0 Å². The van der Waals surface area contributed by atoms with Gasteiger partial charge >= 0.3 is 0 Å². The Morgan fingerprint density at radius 3 is 2.80 bits per heavy atom. The smallest absolute Gasteiger partial charge is 0.209 e. The Labute approximate surface area is 129 Å². The van der Waals surface area contributed by atoms with E-state index >= 15 is 0 Å². The number of hydrogen-bond donors (Lipinski definition) is 2. The summed E-state index contributed by atoms with van der Waals surface area (Å²) in [6.45, 7) is 3.96. The van der Waals surface area contributed by atoms with Crippen molar-refractivity contribution in [3.05, 3.63) is 28.2 Å². The molecule has 0 aromatic heterocycles. The van der Waals surface area contributed by atoms with Crippen LogP contribution in [-0.2, 0) is 16.6 Å². The van der Waals surface area contributed by atoms with Gasteiger partial charge in [-0.1, -0.05) is 22.9 Å². The van der Waals surface area contributed by atoms with Crippen molar-refractivity contribution < 1.29 is 13.2 Å². The van der Waals surface area contributed by atoms with Gasteiger partial charge in [0.05, 0.1) is 12.4 Å². The molecule has 1 rings (SSSR count). The lowest BCUT2D eigenvalue weighted by molar-refractivity contribution is 0.313. The molecule has 1 aromatic rings. The predicted molar refractivity (Wildman–Crippen MR) is 84.2 cm³/mol. The van der Waals surface area contributed by atoms with Crippen LogP contribution in [0.15, 0.2) is 22.7 Å². The van der Waals surface area contributed by atoms with Crippen molar-refractivity contribution in [2.45, 2.75) is 26.3 Å². The van der Waals surface area contributed by atoms with E-state index in [0.29, 0.717) is 26.1 Å². The first kappa shape index (κ1) is 17.4. The molecule has 0 aliphatic rings. The largest absolute Gasteiger partial charge is 0.493 e. The standard InChI is InChI=1S/C13H21BrN2O3S/c1-2-7-19-13-5-4-12(14)9-11(13)10-16-6-3-8-20(15,17)18/h4-5,9,16H,2-3,6-8,10H2,1H3,(H2,15,17,18). The molecule has 0 atom stereocenters. The molecule has 0 fully saturated rings. The molecule has 0 radical (unpaired) electrons. The van der Waals surface area contributed by atoms with Gasteiger partial charge in [0, 0.05) is 16.6 Å². The third-order valence-electron chi connectivity index (χ3n) is 2.58. The van der Waals surface area contributed by atoms with Crippen molar-refractivity contribution in [3.8, 4) is 5.75 Å². The van der Waals surface area contributed by atoms with Crippen molar-refractivity contribution >= 4 is 26.0 Å². The van der Waals surface area contributed by atoms with Crippen LogP contribution in [-0.4, -0.2) is 27.3 Å². The monoisotopic (exact) mass is 364 g/mol. The van der Waals surface area contributed by atoms with Crippen molar-refractivity contribution in [1.29, 1.82) is 0 Å². The number of nitrogens with two attached hydrogens (primary N) is 1. The first-order valence-electron chi connectivity index (χ1n) is 6.55. The average molecular weight is 365 g/mol. The Morgan fingerprint density at radius 2 is 2.15 bits per heavy atom. The molecule has 0 unspecified atom stereocenters. The molecule has 0 saturated heterocycles. The van der Waals surface area contributed by atoms with Gasteiger partial charge in [0.2, 0.25) is 10.0 Å². The third kappa shape index (κ3) is 7.23. The number of rotatable bonds is 9. The minimum atomic E-state index is -3.37. The number of ether oxygens (including phenoxy) is 1. The second kappa shape index (κ2) is 8.61. The lowest BCUT2D eigenvalue weighted by Crippen LogP contribution is -2.22. The maximum absolute atomic E-state index is 10.8. The van der Waals surface area contributed by atoms with Gasteiger partial charge in [-0.15, -0.1) is 0 Å². The van der Waals surface area contributed by atoms with Crippen molar-refractivity contribution in [2.75, 3.05) is 18.9 Å². The summed E-state index contributed by atoms with van der Waals surface area (Å²) >= 11 is 3.43. The van der Waals surface area contributed by atoms with Crippen molar-refractivity contribution in [1.82, 2.24) is 5.32 Å². The van der Waals surface area contributed by atoms with Gasteiger partial charge in [0.15, 0.2) is 0 Å². The maximum atomic E-state index is 10.8. The van der Waals surface area contributed by atoms with E-state index in [1.54, 1.807) is 0 Å². The van der Waals surface area contributed by atoms with Crippen LogP contribution >= 0.6 is 15.9 Å². The molecule has 0 bridgehead atoms. The van der Waals surface area contributed by atoms with Crippen LogP contribution in [0.25, 0.3) is 0 Å². The molecule has 0 saturated carbocycles. The summed E-state index contributed by atoms with van der Waals surface area (Å²) in [7, 11) is -3.37. The summed E-state index contributed by atoms with van der Waals surface area (Å²) in [6.07, 6.45) is 1.45. The lowest BCUT2D eigenvalue weighted by Gasteiger charge is -2.12. The van der Waals surface area contributed by atoms with E-state index in [1.165, 1.54) is 0 Å². The summed E-state index contributed by atoms with van der Waals surface area (Å²) in [5, 5.41) is 8.14. The molecule has 0 amide bonds. The number of halogens is 1. The maximum Gasteiger partial charge on any atom is 0.209 e. The second-order valence-electron chi connectivity index (χ2n) is 4.50. The lowest BCUT2D eigenvalue weighted by atomic mass is 10.2. The molecule has 20 heavy (non-hydrogen) atoms. The molecule has 3 N–H and O–H groups in total. The molecule has 5 nitrogen and oxygen atoms in total.